The summed E-state index contributed by atoms with van der Waals surface area (Å²) in [5.74, 6) is 0. The number of piperazine rings is 1. The summed E-state index contributed by atoms with van der Waals surface area (Å²) in [5, 5.41) is 3.43. The molecule has 0 saturated carbocycles. The summed E-state index contributed by atoms with van der Waals surface area (Å²) in [4.78, 5) is 12.1. The highest BCUT2D eigenvalue weighted by Crippen LogP contribution is 2.26. The lowest BCUT2D eigenvalue weighted by atomic mass is 10.2. The monoisotopic (exact) mass is 213 g/mol. The van der Waals surface area contributed by atoms with Crippen molar-refractivity contribution in [2.24, 2.45) is 0 Å². The van der Waals surface area contributed by atoms with Gasteiger partial charge >= 0.3 is 6.09 Å². The molecule has 86 valence electrons. The molecule has 1 amide bonds. The van der Waals surface area contributed by atoms with E-state index < -0.39 is 0 Å². The number of quaternary nitrogens is 1. The lowest BCUT2D eigenvalue weighted by Gasteiger charge is -2.35. The Kier molecular flexibility index (Phi) is 2.51. The third-order valence-electron chi connectivity index (χ3n) is 3.23. The number of hydrogen-bond donors (Lipinski definition) is 1. The molecule has 2 rings (SSSR count). The average Bonchev–Trinajstić information content (AvgIpc) is 2.41. The van der Waals surface area contributed by atoms with Crippen molar-refractivity contribution in [1.82, 2.24) is 5.32 Å². The van der Waals surface area contributed by atoms with Crippen LogP contribution in [-0.4, -0.2) is 48.4 Å². The number of carbonyl (C=O) groups excluding carboxylic acids is 1. The number of nitrogens with zero attached hydrogens (tertiary/aromatic N) is 1. The van der Waals surface area contributed by atoms with Crippen molar-refractivity contribution in [3.63, 3.8) is 0 Å². The van der Waals surface area contributed by atoms with E-state index in [1.165, 1.54) is 0 Å². The highest BCUT2D eigenvalue weighted by Gasteiger charge is 2.49. The summed E-state index contributed by atoms with van der Waals surface area (Å²) in [7, 11) is 0. The number of rotatable bonds is 0. The molecule has 2 atom stereocenters. The van der Waals surface area contributed by atoms with Crippen LogP contribution >= 0.6 is 0 Å². The van der Waals surface area contributed by atoms with Crippen molar-refractivity contribution in [1.29, 1.82) is 0 Å². The average molecular weight is 213 g/mol. The van der Waals surface area contributed by atoms with Crippen LogP contribution in [0.15, 0.2) is 0 Å². The number of hydrogen-bond acceptors (Lipinski definition) is 3. The first-order valence-corrected chi connectivity index (χ1v) is 5.74. The van der Waals surface area contributed by atoms with Gasteiger partial charge in [0.25, 0.3) is 0 Å². The van der Waals surface area contributed by atoms with Gasteiger partial charge < -0.3 is 10.1 Å². The molecule has 2 saturated heterocycles. The van der Waals surface area contributed by atoms with Crippen LogP contribution in [0.25, 0.3) is 0 Å². The zero-order chi connectivity index (χ0) is 11.1. The van der Waals surface area contributed by atoms with Gasteiger partial charge in [-0.25, -0.2) is 4.48 Å². The molecule has 2 unspecified atom stereocenters. The standard InChI is InChI=1S/C11H21N2O2/c1-11(2,3)15-10(14)13-6-4-9(8-13)12-5-7-13/h9,12H,4-8H2,1-3H3/q+1. The Morgan fingerprint density at radius 1 is 1.40 bits per heavy atom. The number of fused-ring (bicyclic) bond motifs is 2. The van der Waals surface area contributed by atoms with E-state index in [9.17, 15) is 4.79 Å². The molecule has 1 N–H and O–H groups in total. The molecule has 0 aromatic heterocycles. The topological polar surface area (TPSA) is 38.3 Å². The molecule has 4 heteroatoms. The molecular weight excluding hydrogens is 192 g/mol. The van der Waals surface area contributed by atoms with Gasteiger partial charge in [-0.05, 0) is 20.8 Å². The maximum atomic E-state index is 12.1. The molecule has 15 heavy (non-hydrogen) atoms. The first-order valence-electron chi connectivity index (χ1n) is 5.74. The smallest absolute Gasteiger partial charge is 0.414 e. The van der Waals surface area contributed by atoms with Gasteiger partial charge in [-0.2, -0.15) is 4.79 Å². The highest BCUT2D eigenvalue weighted by atomic mass is 16.6. The molecule has 4 nitrogen and oxygen atoms in total. The highest BCUT2D eigenvalue weighted by molar-refractivity contribution is 5.60. The number of amides is 1. The third-order valence-corrected chi connectivity index (χ3v) is 3.23. The van der Waals surface area contributed by atoms with Crippen molar-refractivity contribution in [2.45, 2.75) is 38.8 Å². The predicted molar refractivity (Wildman–Crippen MR) is 57.5 cm³/mol. The van der Waals surface area contributed by atoms with Gasteiger partial charge in [0.15, 0.2) is 0 Å². The Balaban J connectivity index is 2.06. The third kappa shape index (κ3) is 2.16. The van der Waals surface area contributed by atoms with Gasteiger partial charge in [0.1, 0.15) is 18.7 Å². The van der Waals surface area contributed by atoms with E-state index >= 15 is 0 Å². The van der Waals surface area contributed by atoms with Crippen molar-refractivity contribution >= 4 is 6.09 Å². The van der Waals surface area contributed by atoms with E-state index in [1.54, 1.807) is 0 Å². The minimum absolute atomic E-state index is 0.0356. The number of nitrogens with one attached hydrogen (secondary N) is 1. The van der Waals surface area contributed by atoms with Crippen molar-refractivity contribution < 1.29 is 14.0 Å². The molecular formula is C11H21N2O2+. The Morgan fingerprint density at radius 2 is 2.13 bits per heavy atom. The summed E-state index contributed by atoms with van der Waals surface area (Å²) in [5.41, 5.74) is -0.368. The Labute approximate surface area is 91.2 Å². The first-order chi connectivity index (χ1) is 6.91. The van der Waals surface area contributed by atoms with Gasteiger partial charge in [-0.1, -0.05) is 0 Å². The largest absolute Gasteiger partial charge is 0.516 e. The van der Waals surface area contributed by atoms with Crippen LogP contribution < -0.4 is 5.32 Å². The molecule has 0 aliphatic carbocycles. The normalized spacial score (nSPS) is 35.3. The number of carbonyl (C=O) groups is 1. The van der Waals surface area contributed by atoms with Gasteiger partial charge in [-0.15, -0.1) is 0 Å². The van der Waals surface area contributed by atoms with Crippen LogP contribution in [0.3, 0.4) is 0 Å². The van der Waals surface area contributed by atoms with Crippen LogP contribution in [0.1, 0.15) is 27.2 Å². The van der Waals surface area contributed by atoms with E-state index in [4.69, 9.17) is 4.74 Å². The quantitative estimate of drug-likeness (QED) is 0.613. The van der Waals surface area contributed by atoms with Crippen LogP contribution in [0, 0.1) is 0 Å². The molecule has 0 spiro atoms. The second-order valence-electron chi connectivity index (χ2n) is 5.70. The van der Waals surface area contributed by atoms with Gasteiger partial charge in [-0.3, -0.25) is 0 Å². The van der Waals surface area contributed by atoms with Crippen molar-refractivity contribution in [3.8, 4) is 0 Å². The molecule has 2 fully saturated rings. The minimum Gasteiger partial charge on any atom is -0.414 e. The molecule has 0 aromatic rings. The van der Waals surface area contributed by atoms with E-state index in [2.05, 4.69) is 5.32 Å². The Morgan fingerprint density at radius 3 is 2.80 bits per heavy atom. The summed E-state index contributed by atoms with van der Waals surface area (Å²) < 4.78 is 6.04. The number of ether oxygens (including phenoxy) is 1. The molecule has 2 aliphatic rings. The summed E-state index contributed by atoms with van der Waals surface area (Å²) in [6.45, 7) is 9.45. The summed E-state index contributed by atoms with van der Waals surface area (Å²) >= 11 is 0. The van der Waals surface area contributed by atoms with Gasteiger partial charge in [0.05, 0.1) is 12.6 Å². The summed E-state index contributed by atoms with van der Waals surface area (Å²) in [6.07, 6.45) is 1.06. The second kappa shape index (κ2) is 3.46. The SMILES string of the molecule is CC(C)(C)OC(=O)[N+]12CCNC(CC1)C2. The van der Waals surface area contributed by atoms with E-state index in [0.717, 1.165) is 32.6 Å². The van der Waals surface area contributed by atoms with Crippen LogP contribution in [0.5, 0.6) is 0 Å². The second-order valence-corrected chi connectivity index (χ2v) is 5.70. The Hall–Kier alpha value is -0.610. The summed E-state index contributed by atoms with van der Waals surface area (Å²) in [6, 6.07) is 0.520. The van der Waals surface area contributed by atoms with Gasteiger partial charge in [0.2, 0.25) is 0 Å². The molecule has 0 radical (unpaired) electrons. The molecule has 0 aromatic carbocycles. The van der Waals surface area contributed by atoms with Crippen LogP contribution in [-0.2, 0) is 4.74 Å². The lowest BCUT2D eigenvalue weighted by molar-refractivity contribution is -0.848. The molecule has 2 bridgehead atoms. The predicted octanol–water partition coefficient (Wildman–Crippen LogP) is 1.11. The van der Waals surface area contributed by atoms with Gasteiger partial charge in [0, 0.05) is 13.0 Å². The van der Waals surface area contributed by atoms with E-state index in [-0.39, 0.29) is 11.7 Å². The van der Waals surface area contributed by atoms with Crippen molar-refractivity contribution in [2.75, 3.05) is 26.2 Å². The zero-order valence-corrected chi connectivity index (χ0v) is 9.88. The van der Waals surface area contributed by atoms with Crippen LogP contribution in [0.4, 0.5) is 4.79 Å². The fourth-order valence-electron chi connectivity index (χ4n) is 2.48. The lowest BCUT2D eigenvalue weighted by Crippen LogP contribution is -2.60. The van der Waals surface area contributed by atoms with Crippen LogP contribution in [0.2, 0.25) is 0 Å². The zero-order valence-electron chi connectivity index (χ0n) is 9.88. The molecule has 2 heterocycles. The maximum absolute atomic E-state index is 12.1. The fourth-order valence-corrected chi connectivity index (χ4v) is 2.48. The molecule has 2 aliphatic heterocycles. The fraction of sp³-hybridized carbons (Fsp3) is 0.909. The van der Waals surface area contributed by atoms with E-state index in [1.807, 2.05) is 20.8 Å². The van der Waals surface area contributed by atoms with Crippen molar-refractivity contribution in [3.05, 3.63) is 0 Å². The maximum Gasteiger partial charge on any atom is 0.516 e. The Bertz CT molecular complexity index is 268. The first kappa shape index (κ1) is 10.9. The van der Waals surface area contributed by atoms with E-state index in [0.29, 0.717) is 10.5 Å². The minimum atomic E-state index is -0.368.